The van der Waals surface area contributed by atoms with Gasteiger partial charge in [-0.25, -0.2) is 13.0 Å². The van der Waals surface area contributed by atoms with Crippen molar-refractivity contribution in [2.75, 3.05) is 6.61 Å². The molecule has 0 aliphatic carbocycles. The topological polar surface area (TPSA) is 99.4 Å². The van der Waals surface area contributed by atoms with Crippen LogP contribution in [0.4, 0.5) is 0 Å². The molecule has 0 spiro atoms. The van der Waals surface area contributed by atoms with Crippen LogP contribution in [0, 0.1) is 6.92 Å². The van der Waals surface area contributed by atoms with Gasteiger partial charge < -0.3 is 14.6 Å². The minimum atomic E-state index is -4.27. The molecule has 10 heteroatoms. The predicted octanol–water partition coefficient (Wildman–Crippen LogP) is 3.41. The lowest BCUT2D eigenvalue weighted by molar-refractivity contribution is -0.671. The molecule has 0 radical (unpaired) electrons. The van der Waals surface area contributed by atoms with Crippen LogP contribution in [-0.2, 0) is 28.5 Å². The average Bonchev–Trinajstić information content (AvgIpc) is 2.73. The monoisotopic (exact) mass is 496 g/mol. The highest BCUT2D eigenvalue weighted by Crippen LogP contribution is 2.26. The number of halogens is 2. The molecule has 0 bridgehead atoms. The third kappa shape index (κ3) is 8.84. The Bertz CT molecular complexity index is 1170. The zero-order valence-corrected chi connectivity index (χ0v) is 19.7. The van der Waals surface area contributed by atoms with Crippen molar-refractivity contribution in [2.45, 2.75) is 18.4 Å². The fraction of sp³-hybridized carbons (Fsp3) is 0.182. The van der Waals surface area contributed by atoms with E-state index in [9.17, 15) is 17.8 Å². The third-order valence-corrected chi connectivity index (χ3v) is 5.65. The number of carbonyl (C=O) groups is 1. The SMILES string of the molecule is C[n+]1cccc(CNC(=O)COc2ccc(Cl)c(Cl)c2)c1.Cc1ccc(S(=O)(=O)[O-])cc1. The molecule has 0 fully saturated rings. The summed E-state index contributed by atoms with van der Waals surface area (Å²) in [5.74, 6) is 0.304. The van der Waals surface area contributed by atoms with Gasteiger partial charge in [0.25, 0.3) is 5.91 Å². The summed E-state index contributed by atoms with van der Waals surface area (Å²) in [5, 5.41) is 3.63. The minimum Gasteiger partial charge on any atom is -0.744 e. The number of pyridine rings is 1. The Morgan fingerprint density at radius 2 is 1.78 bits per heavy atom. The van der Waals surface area contributed by atoms with Gasteiger partial charge in [0, 0.05) is 24.2 Å². The van der Waals surface area contributed by atoms with Crippen LogP contribution in [0.5, 0.6) is 5.75 Å². The van der Waals surface area contributed by atoms with Crippen LogP contribution in [0.25, 0.3) is 0 Å². The molecule has 0 unspecified atom stereocenters. The van der Waals surface area contributed by atoms with Crippen LogP contribution < -0.4 is 14.6 Å². The average molecular weight is 497 g/mol. The van der Waals surface area contributed by atoms with Crippen LogP contribution >= 0.6 is 23.2 Å². The van der Waals surface area contributed by atoms with Gasteiger partial charge in [-0.3, -0.25) is 4.79 Å². The van der Waals surface area contributed by atoms with Crippen LogP contribution in [-0.4, -0.2) is 25.5 Å². The molecule has 1 N–H and O–H groups in total. The van der Waals surface area contributed by atoms with Crippen molar-refractivity contribution in [1.82, 2.24) is 5.32 Å². The Balaban J connectivity index is 0.000000278. The summed E-state index contributed by atoms with van der Waals surface area (Å²) >= 11 is 11.7. The van der Waals surface area contributed by atoms with Crippen molar-refractivity contribution in [3.8, 4) is 5.75 Å². The number of nitrogens with one attached hydrogen (secondary N) is 1. The van der Waals surface area contributed by atoms with E-state index < -0.39 is 10.1 Å². The smallest absolute Gasteiger partial charge is 0.258 e. The maximum absolute atomic E-state index is 11.7. The highest BCUT2D eigenvalue weighted by atomic mass is 35.5. The van der Waals surface area contributed by atoms with E-state index >= 15 is 0 Å². The summed E-state index contributed by atoms with van der Waals surface area (Å²) in [4.78, 5) is 11.5. The van der Waals surface area contributed by atoms with Crippen LogP contribution in [0.2, 0.25) is 10.0 Å². The maximum Gasteiger partial charge on any atom is 0.258 e. The normalized spacial score (nSPS) is 10.7. The van der Waals surface area contributed by atoms with Gasteiger partial charge in [0.1, 0.15) is 22.9 Å². The zero-order valence-electron chi connectivity index (χ0n) is 17.4. The van der Waals surface area contributed by atoms with Crippen LogP contribution in [0.15, 0.2) is 71.9 Å². The van der Waals surface area contributed by atoms with E-state index in [1.807, 2.05) is 43.1 Å². The Morgan fingerprint density at radius 3 is 2.38 bits per heavy atom. The lowest BCUT2D eigenvalue weighted by atomic mass is 10.2. The first-order valence-corrected chi connectivity index (χ1v) is 11.5. The van der Waals surface area contributed by atoms with Crippen molar-refractivity contribution in [3.63, 3.8) is 0 Å². The second kappa shape index (κ2) is 11.8. The van der Waals surface area contributed by atoms with Gasteiger partial charge in [-0.1, -0.05) is 40.9 Å². The van der Waals surface area contributed by atoms with Crippen LogP contribution in [0.1, 0.15) is 11.1 Å². The first-order chi connectivity index (χ1) is 15.0. The molecular formula is C22H22Cl2N2O5S. The Kier molecular flexibility index (Phi) is 9.46. The van der Waals surface area contributed by atoms with E-state index in [0.29, 0.717) is 22.3 Å². The largest absolute Gasteiger partial charge is 0.744 e. The first-order valence-electron chi connectivity index (χ1n) is 9.36. The lowest BCUT2D eigenvalue weighted by Crippen LogP contribution is -2.31. The summed E-state index contributed by atoms with van der Waals surface area (Å²) in [5.41, 5.74) is 1.94. The number of benzene rings is 2. The molecule has 0 saturated heterocycles. The zero-order chi connectivity index (χ0) is 23.7. The molecule has 7 nitrogen and oxygen atoms in total. The lowest BCUT2D eigenvalue weighted by Gasteiger charge is -2.08. The molecule has 170 valence electrons. The van der Waals surface area contributed by atoms with Gasteiger partial charge in [-0.15, -0.1) is 0 Å². The quantitative estimate of drug-likeness (QED) is 0.416. The molecule has 1 amide bonds. The molecule has 32 heavy (non-hydrogen) atoms. The van der Waals surface area contributed by atoms with Gasteiger partial charge in [0.05, 0.1) is 14.9 Å². The molecule has 0 aliphatic rings. The molecule has 3 aromatic rings. The van der Waals surface area contributed by atoms with Gasteiger partial charge >= 0.3 is 0 Å². The number of aryl methyl sites for hydroxylation is 2. The molecule has 1 heterocycles. The summed E-state index contributed by atoms with van der Waals surface area (Å²) in [7, 11) is -2.34. The second-order valence-corrected chi connectivity index (χ2v) is 8.98. The van der Waals surface area contributed by atoms with E-state index in [0.717, 1.165) is 11.1 Å². The Morgan fingerprint density at radius 1 is 1.09 bits per heavy atom. The third-order valence-electron chi connectivity index (χ3n) is 4.06. The first kappa shape index (κ1) is 25.6. The number of hydrogen-bond acceptors (Lipinski definition) is 5. The van der Waals surface area contributed by atoms with Gasteiger partial charge in [0.2, 0.25) is 0 Å². The molecule has 0 atom stereocenters. The number of amides is 1. The number of aromatic nitrogens is 1. The maximum atomic E-state index is 11.7. The minimum absolute atomic E-state index is 0.0725. The van der Waals surface area contributed by atoms with E-state index in [2.05, 4.69) is 5.32 Å². The van der Waals surface area contributed by atoms with E-state index in [4.69, 9.17) is 27.9 Å². The van der Waals surface area contributed by atoms with E-state index in [1.54, 1.807) is 30.3 Å². The molecule has 1 aromatic heterocycles. The number of ether oxygens (including phenoxy) is 1. The summed E-state index contributed by atoms with van der Waals surface area (Å²) in [6, 6.07) is 14.5. The number of rotatable bonds is 6. The molecule has 0 saturated carbocycles. The highest BCUT2D eigenvalue weighted by molar-refractivity contribution is 7.85. The van der Waals surface area contributed by atoms with Crippen LogP contribution in [0.3, 0.4) is 0 Å². The summed E-state index contributed by atoms with van der Waals surface area (Å²) < 4.78 is 38.4. The van der Waals surface area contributed by atoms with Crippen molar-refractivity contribution in [2.24, 2.45) is 7.05 Å². The predicted molar refractivity (Wildman–Crippen MR) is 121 cm³/mol. The van der Waals surface area contributed by atoms with Crippen molar-refractivity contribution in [3.05, 3.63) is 88.2 Å². The number of carbonyl (C=O) groups excluding carboxylic acids is 1. The molecule has 0 aliphatic heterocycles. The van der Waals surface area contributed by atoms with E-state index in [-0.39, 0.29) is 17.4 Å². The standard InChI is InChI=1S/C15H14Cl2N2O2.C7H8O3S/c1-19-6-2-3-11(9-19)8-18-15(20)10-21-12-4-5-13(16)14(17)7-12;1-6-2-4-7(5-3-6)11(8,9)10/h2-7,9H,8,10H2,1H3;2-5H,1H3,(H,8,9,10). The number of nitrogens with zero attached hydrogens (tertiary/aromatic N) is 1. The summed E-state index contributed by atoms with van der Waals surface area (Å²) in [6.45, 7) is 2.20. The van der Waals surface area contributed by atoms with Crippen molar-refractivity contribution < 1.29 is 27.1 Å². The fourth-order valence-corrected chi connectivity index (χ4v) is 3.18. The molecule has 2 aromatic carbocycles. The molecular weight excluding hydrogens is 475 g/mol. The van der Waals surface area contributed by atoms with Gasteiger partial charge in [-0.05, 0) is 37.3 Å². The van der Waals surface area contributed by atoms with Crippen molar-refractivity contribution >= 4 is 39.2 Å². The van der Waals surface area contributed by atoms with Gasteiger partial charge in [-0.2, -0.15) is 0 Å². The van der Waals surface area contributed by atoms with Gasteiger partial charge in [0.15, 0.2) is 19.0 Å². The fourth-order valence-electron chi connectivity index (χ4n) is 2.43. The highest BCUT2D eigenvalue weighted by Gasteiger charge is 2.06. The summed E-state index contributed by atoms with van der Waals surface area (Å²) in [6.07, 6.45) is 3.87. The van der Waals surface area contributed by atoms with Crippen molar-refractivity contribution in [1.29, 1.82) is 0 Å². The Labute approximate surface area is 197 Å². The number of hydrogen-bond donors (Lipinski definition) is 1. The van der Waals surface area contributed by atoms with E-state index in [1.165, 1.54) is 12.1 Å². The second-order valence-electron chi connectivity index (χ2n) is 6.79. The Hall–Kier alpha value is -2.65. The molecule has 3 rings (SSSR count).